The summed E-state index contributed by atoms with van der Waals surface area (Å²) >= 11 is 3.38. The lowest BCUT2D eigenvalue weighted by Crippen LogP contribution is -2.03. The van der Waals surface area contributed by atoms with Crippen molar-refractivity contribution in [2.45, 2.75) is 4.90 Å². The van der Waals surface area contributed by atoms with Crippen LogP contribution in [0.1, 0.15) is 0 Å². The molecule has 0 N–H and O–H groups in total. The second kappa shape index (κ2) is 4.66. The van der Waals surface area contributed by atoms with E-state index in [2.05, 4.69) is 20.9 Å². The normalized spacial score (nSPS) is 12.7. The number of hydrogen-bond acceptors (Lipinski definition) is 2. The Bertz CT molecular complexity index is 724. The SMILES string of the molecule is O=S(c1ccccc1)n1ccc2ncc(Br)cc21. The van der Waals surface area contributed by atoms with Crippen molar-refractivity contribution in [3.05, 3.63) is 59.3 Å². The number of aromatic nitrogens is 2. The van der Waals surface area contributed by atoms with Gasteiger partial charge in [0.1, 0.15) is 0 Å². The van der Waals surface area contributed by atoms with Gasteiger partial charge in [-0.05, 0) is 40.2 Å². The number of pyridine rings is 1. The first-order chi connectivity index (χ1) is 8.75. The Morgan fingerprint density at radius 2 is 1.94 bits per heavy atom. The molecule has 2 aromatic heterocycles. The Balaban J connectivity index is 2.15. The van der Waals surface area contributed by atoms with Gasteiger partial charge in [-0.2, -0.15) is 0 Å². The van der Waals surface area contributed by atoms with Crippen LogP contribution >= 0.6 is 15.9 Å². The molecule has 1 unspecified atom stereocenters. The molecule has 2 heterocycles. The highest BCUT2D eigenvalue weighted by atomic mass is 79.9. The number of hydrogen-bond donors (Lipinski definition) is 0. The van der Waals surface area contributed by atoms with Crippen molar-refractivity contribution in [3.8, 4) is 0 Å². The minimum Gasteiger partial charge on any atom is -0.261 e. The molecule has 0 saturated carbocycles. The summed E-state index contributed by atoms with van der Waals surface area (Å²) in [6.45, 7) is 0. The van der Waals surface area contributed by atoms with E-state index in [0.29, 0.717) is 0 Å². The molecule has 1 aromatic carbocycles. The van der Waals surface area contributed by atoms with Crippen LogP contribution in [-0.4, -0.2) is 13.2 Å². The van der Waals surface area contributed by atoms with Crippen molar-refractivity contribution in [1.29, 1.82) is 0 Å². The molecule has 0 aliphatic carbocycles. The van der Waals surface area contributed by atoms with Crippen molar-refractivity contribution in [1.82, 2.24) is 8.96 Å². The first kappa shape index (κ1) is 11.6. The average Bonchev–Trinajstić information content (AvgIpc) is 2.82. The maximum Gasteiger partial charge on any atom is 0.157 e. The van der Waals surface area contributed by atoms with E-state index in [1.54, 1.807) is 16.4 Å². The molecule has 90 valence electrons. The molecule has 3 rings (SSSR count). The van der Waals surface area contributed by atoms with Crippen molar-refractivity contribution in [2.24, 2.45) is 0 Å². The monoisotopic (exact) mass is 320 g/mol. The molecule has 18 heavy (non-hydrogen) atoms. The van der Waals surface area contributed by atoms with E-state index in [9.17, 15) is 4.21 Å². The highest BCUT2D eigenvalue weighted by molar-refractivity contribution is 9.10. The molecule has 5 heteroatoms. The third-order valence-electron chi connectivity index (χ3n) is 2.59. The lowest BCUT2D eigenvalue weighted by molar-refractivity contribution is 0.678. The van der Waals surface area contributed by atoms with Gasteiger partial charge in [-0.3, -0.25) is 8.96 Å². The van der Waals surface area contributed by atoms with E-state index in [-0.39, 0.29) is 0 Å². The molecule has 0 bridgehead atoms. The molecule has 3 aromatic rings. The highest BCUT2D eigenvalue weighted by Gasteiger charge is 2.10. The molecular weight excluding hydrogens is 312 g/mol. The maximum absolute atomic E-state index is 12.5. The molecular formula is C13H9BrN2OS. The molecule has 0 radical (unpaired) electrons. The maximum atomic E-state index is 12.5. The first-order valence-corrected chi connectivity index (χ1v) is 7.25. The van der Waals surface area contributed by atoms with E-state index in [1.165, 1.54) is 0 Å². The first-order valence-electron chi connectivity index (χ1n) is 5.35. The zero-order chi connectivity index (χ0) is 12.5. The van der Waals surface area contributed by atoms with Crippen LogP contribution in [0.2, 0.25) is 0 Å². The predicted molar refractivity (Wildman–Crippen MR) is 75.7 cm³/mol. The molecule has 0 fully saturated rings. The Morgan fingerprint density at radius 3 is 2.72 bits per heavy atom. The van der Waals surface area contributed by atoms with Crippen molar-refractivity contribution >= 4 is 37.9 Å². The summed E-state index contributed by atoms with van der Waals surface area (Å²) < 4.78 is 15.1. The topological polar surface area (TPSA) is 34.9 Å². The number of halogens is 1. The zero-order valence-corrected chi connectivity index (χ0v) is 11.7. The van der Waals surface area contributed by atoms with Crippen LogP contribution < -0.4 is 0 Å². The molecule has 0 aliphatic heterocycles. The van der Waals surface area contributed by atoms with Gasteiger partial charge in [0.05, 0.1) is 15.9 Å². The Labute approximate surface area is 115 Å². The van der Waals surface area contributed by atoms with Gasteiger partial charge in [0.25, 0.3) is 0 Å². The van der Waals surface area contributed by atoms with Crippen LogP contribution in [0.5, 0.6) is 0 Å². The summed E-state index contributed by atoms with van der Waals surface area (Å²) in [6.07, 6.45) is 3.53. The fourth-order valence-corrected chi connectivity index (χ4v) is 3.19. The Morgan fingerprint density at radius 1 is 1.17 bits per heavy atom. The molecule has 0 saturated heterocycles. The fourth-order valence-electron chi connectivity index (χ4n) is 1.76. The molecule has 0 spiro atoms. The number of nitrogens with zero attached hydrogens (tertiary/aromatic N) is 2. The van der Waals surface area contributed by atoms with Crippen LogP contribution in [-0.2, 0) is 11.0 Å². The van der Waals surface area contributed by atoms with Gasteiger partial charge in [-0.25, -0.2) is 4.21 Å². The van der Waals surface area contributed by atoms with Crippen molar-refractivity contribution in [3.63, 3.8) is 0 Å². The standard InChI is InChI=1S/C13H9BrN2OS/c14-10-8-13-12(15-9-10)6-7-16(13)18(17)11-4-2-1-3-5-11/h1-9H. The van der Waals surface area contributed by atoms with E-state index >= 15 is 0 Å². The van der Waals surface area contributed by atoms with Crippen molar-refractivity contribution < 1.29 is 4.21 Å². The van der Waals surface area contributed by atoms with Gasteiger partial charge in [0.2, 0.25) is 0 Å². The van der Waals surface area contributed by atoms with Gasteiger partial charge in [0, 0.05) is 16.9 Å². The average molecular weight is 321 g/mol. The summed E-state index contributed by atoms with van der Waals surface area (Å²) in [5, 5.41) is 0. The third-order valence-corrected chi connectivity index (χ3v) is 4.38. The van der Waals surface area contributed by atoms with Crippen LogP contribution in [0.15, 0.2) is 64.2 Å². The van der Waals surface area contributed by atoms with Gasteiger partial charge in [-0.15, -0.1) is 0 Å². The lowest BCUT2D eigenvalue weighted by Gasteiger charge is -2.04. The van der Waals surface area contributed by atoms with Crippen LogP contribution in [0.3, 0.4) is 0 Å². The largest absolute Gasteiger partial charge is 0.261 e. The van der Waals surface area contributed by atoms with Gasteiger partial charge < -0.3 is 0 Å². The molecule has 0 amide bonds. The minimum atomic E-state index is -1.24. The van der Waals surface area contributed by atoms with E-state index in [0.717, 1.165) is 20.4 Å². The van der Waals surface area contributed by atoms with Gasteiger partial charge in [-0.1, -0.05) is 18.2 Å². The molecule has 0 aliphatic rings. The van der Waals surface area contributed by atoms with E-state index in [4.69, 9.17) is 0 Å². The number of benzene rings is 1. The lowest BCUT2D eigenvalue weighted by atomic mass is 10.4. The smallest absolute Gasteiger partial charge is 0.157 e. The van der Waals surface area contributed by atoms with Gasteiger partial charge in [0.15, 0.2) is 11.0 Å². The van der Waals surface area contributed by atoms with Crippen LogP contribution in [0.25, 0.3) is 11.0 Å². The summed E-state index contributed by atoms with van der Waals surface area (Å²) in [5.41, 5.74) is 1.69. The Kier molecular flexibility index (Phi) is 3.01. The summed E-state index contributed by atoms with van der Waals surface area (Å²) in [5.74, 6) is 0. The van der Waals surface area contributed by atoms with Gasteiger partial charge >= 0.3 is 0 Å². The van der Waals surface area contributed by atoms with Crippen LogP contribution in [0, 0.1) is 0 Å². The fraction of sp³-hybridized carbons (Fsp3) is 0. The third kappa shape index (κ3) is 2.00. The molecule has 1 atom stereocenters. The quantitative estimate of drug-likeness (QED) is 0.725. The summed E-state index contributed by atoms with van der Waals surface area (Å²) in [7, 11) is -1.24. The highest BCUT2D eigenvalue weighted by Crippen LogP contribution is 2.21. The number of fused-ring (bicyclic) bond motifs is 1. The number of rotatable bonds is 2. The Hall–Kier alpha value is -1.46. The van der Waals surface area contributed by atoms with E-state index < -0.39 is 11.0 Å². The zero-order valence-electron chi connectivity index (χ0n) is 9.29. The molecule has 3 nitrogen and oxygen atoms in total. The van der Waals surface area contributed by atoms with E-state index in [1.807, 2.05) is 42.5 Å². The minimum absolute atomic E-state index is 0.773. The van der Waals surface area contributed by atoms with Crippen molar-refractivity contribution in [2.75, 3.05) is 0 Å². The summed E-state index contributed by atoms with van der Waals surface area (Å²) in [4.78, 5) is 5.05. The second-order valence-corrected chi connectivity index (χ2v) is 6.04. The predicted octanol–water partition coefficient (Wildman–Crippen LogP) is 3.37. The van der Waals surface area contributed by atoms with Crippen LogP contribution in [0.4, 0.5) is 0 Å². The second-order valence-electron chi connectivity index (χ2n) is 3.76. The summed E-state index contributed by atoms with van der Waals surface area (Å²) in [6, 6.07) is 13.2.